The maximum Gasteiger partial charge on any atom is 0.204 e. The number of Topliss-reactive ketones (excluding diaryl/α,β-unsaturated/α-hetero) is 2. The highest BCUT2D eigenvalue weighted by atomic mass is 31.0. The molecule has 0 aliphatic carbocycles. The Balaban J connectivity index is 5.04. The Morgan fingerprint density at radius 2 is 1.25 bits per heavy atom. The van der Waals surface area contributed by atoms with Crippen molar-refractivity contribution in [3.8, 4) is 0 Å². The zero-order valence-corrected chi connectivity index (χ0v) is 17.5. The minimum absolute atomic E-state index is 0.0813. The van der Waals surface area contributed by atoms with Crippen LogP contribution in [0.5, 0.6) is 0 Å². The smallest absolute Gasteiger partial charge is 0.204 e. The van der Waals surface area contributed by atoms with E-state index in [1.54, 1.807) is 0 Å². The highest BCUT2D eigenvalue weighted by Crippen LogP contribution is 2.26. The number of hydrogen-bond acceptors (Lipinski definition) is 3. The van der Waals surface area contributed by atoms with E-state index in [1.165, 1.54) is 0 Å². The van der Waals surface area contributed by atoms with Crippen molar-refractivity contribution in [1.29, 1.82) is 0 Å². The fourth-order valence-electron chi connectivity index (χ4n) is 2.97. The zero-order chi connectivity index (χ0) is 18.6. The fourth-order valence-corrected chi connectivity index (χ4v) is 3.27. The molecule has 4 nitrogen and oxygen atoms in total. The summed E-state index contributed by atoms with van der Waals surface area (Å²) in [4.78, 5) is 25.8. The van der Waals surface area contributed by atoms with Gasteiger partial charge < -0.3 is 18.5 Å². The number of nitrogens with zero attached hydrogens (tertiary/aromatic N) is 1. The Morgan fingerprint density at radius 1 is 0.833 bits per heavy atom. The SMILES string of the molecule is CCCCCCC(=O)C(C[N+](C)(C)C)(O[PH-])C(=O)CCCCCC. The molecule has 0 rings (SSSR count). The van der Waals surface area contributed by atoms with Gasteiger partial charge in [-0.25, -0.2) is 0 Å². The van der Waals surface area contributed by atoms with Crippen molar-refractivity contribution in [2.45, 2.75) is 83.7 Å². The third kappa shape index (κ3) is 8.69. The molecule has 24 heavy (non-hydrogen) atoms. The van der Waals surface area contributed by atoms with E-state index in [9.17, 15) is 9.59 Å². The van der Waals surface area contributed by atoms with E-state index in [1.807, 2.05) is 21.1 Å². The van der Waals surface area contributed by atoms with Crippen molar-refractivity contribution in [1.82, 2.24) is 0 Å². The molecule has 0 atom stereocenters. The molecular formula is C19H38NO3P. The Kier molecular flexibility index (Phi) is 12.0. The number of quaternary nitrogens is 1. The molecular weight excluding hydrogens is 321 g/mol. The van der Waals surface area contributed by atoms with Crippen molar-refractivity contribution < 1.29 is 18.6 Å². The molecule has 0 aromatic rings. The monoisotopic (exact) mass is 359 g/mol. The highest BCUT2D eigenvalue weighted by Gasteiger charge is 2.46. The second kappa shape index (κ2) is 12.1. The van der Waals surface area contributed by atoms with E-state index < -0.39 is 5.60 Å². The number of carbonyl (C=O) groups excluding carboxylic acids is 2. The van der Waals surface area contributed by atoms with Crippen LogP contribution in [0.15, 0.2) is 0 Å². The van der Waals surface area contributed by atoms with Crippen LogP contribution in [-0.2, 0) is 14.1 Å². The van der Waals surface area contributed by atoms with Crippen LogP contribution < -0.4 is 0 Å². The fraction of sp³-hybridized carbons (Fsp3) is 0.895. The third-order valence-corrected chi connectivity index (χ3v) is 4.64. The number of unbranched alkanes of at least 4 members (excludes halogenated alkanes) is 6. The first-order valence-electron chi connectivity index (χ1n) is 9.45. The van der Waals surface area contributed by atoms with Gasteiger partial charge in [0, 0.05) is 12.8 Å². The van der Waals surface area contributed by atoms with Gasteiger partial charge in [-0.05, 0) is 12.8 Å². The van der Waals surface area contributed by atoms with Gasteiger partial charge in [-0.15, -0.1) is 0 Å². The summed E-state index contributed by atoms with van der Waals surface area (Å²) >= 11 is 0. The van der Waals surface area contributed by atoms with Crippen LogP contribution in [0.2, 0.25) is 0 Å². The number of carbonyl (C=O) groups is 2. The lowest BCUT2D eigenvalue weighted by Crippen LogP contribution is -2.58. The van der Waals surface area contributed by atoms with E-state index in [0.29, 0.717) is 23.9 Å². The molecule has 0 spiro atoms. The Bertz CT molecular complexity index is 353. The third-order valence-electron chi connectivity index (χ3n) is 4.29. The van der Waals surface area contributed by atoms with Crippen LogP contribution in [0.3, 0.4) is 0 Å². The largest absolute Gasteiger partial charge is 0.541 e. The summed E-state index contributed by atoms with van der Waals surface area (Å²) in [5.41, 5.74) is -1.35. The summed E-state index contributed by atoms with van der Waals surface area (Å²) in [6.07, 6.45) is 9.01. The molecule has 0 aromatic carbocycles. The van der Waals surface area contributed by atoms with E-state index in [2.05, 4.69) is 23.3 Å². The predicted molar refractivity (Wildman–Crippen MR) is 103 cm³/mol. The second-order valence-corrected chi connectivity index (χ2v) is 8.05. The van der Waals surface area contributed by atoms with E-state index in [4.69, 9.17) is 4.52 Å². The molecule has 0 bridgehead atoms. The molecule has 0 saturated carbocycles. The van der Waals surface area contributed by atoms with Crippen LogP contribution in [0, 0.1) is 0 Å². The minimum Gasteiger partial charge on any atom is -0.541 e. The van der Waals surface area contributed by atoms with Crippen molar-refractivity contribution >= 4 is 21.0 Å². The number of ketones is 2. The molecule has 5 heteroatoms. The number of rotatable bonds is 15. The zero-order valence-electron chi connectivity index (χ0n) is 16.5. The molecule has 0 N–H and O–H groups in total. The standard InChI is InChI=1S/C19H38NO3P/c1-6-8-10-12-14-17(21)19(23-24,16-20(3,4)5)18(22)15-13-11-9-7-2/h24H,6-16H2,1-5H3. The summed E-state index contributed by atoms with van der Waals surface area (Å²) in [6.45, 7) is 4.64. The quantitative estimate of drug-likeness (QED) is 0.186. The summed E-state index contributed by atoms with van der Waals surface area (Å²) < 4.78 is 5.95. The summed E-state index contributed by atoms with van der Waals surface area (Å²) in [7, 11) is 9.02. The van der Waals surface area contributed by atoms with Gasteiger partial charge in [0.15, 0.2) is 11.6 Å². The summed E-state index contributed by atoms with van der Waals surface area (Å²) in [5.74, 6) is -0.163. The Labute approximate surface area is 151 Å². The van der Waals surface area contributed by atoms with Crippen LogP contribution in [0.4, 0.5) is 0 Å². The molecule has 0 aliphatic rings. The van der Waals surface area contributed by atoms with Crippen LogP contribution >= 0.6 is 9.47 Å². The van der Waals surface area contributed by atoms with Gasteiger partial charge in [-0.2, -0.15) is 0 Å². The molecule has 0 aromatic heterocycles. The molecule has 0 amide bonds. The lowest BCUT2D eigenvalue weighted by molar-refractivity contribution is -0.873. The Morgan fingerprint density at radius 3 is 1.54 bits per heavy atom. The molecule has 0 fully saturated rings. The average molecular weight is 359 g/mol. The first-order chi connectivity index (χ1) is 11.2. The average Bonchev–Trinajstić information content (AvgIpc) is 2.52. The van der Waals surface area contributed by atoms with Gasteiger partial charge in [0.2, 0.25) is 5.60 Å². The van der Waals surface area contributed by atoms with Crippen LogP contribution in [0.25, 0.3) is 0 Å². The van der Waals surface area contributed by atoms with Crippen molar-refractivity contribution in [2.75, 3.05) is 27.7 Å². The van der Waals surface area contributed by atoms with Gasteiger partial charge in [0.05, 0.1) is 21.1 Å². The van der Waals surface area contributed by atoms with Gasteiger partial charge in [-0.3, -0.25) is 9.59 Å². The molecule has 0 unspecified atom stereocenters. The van der Waals surface area contributed by atoms with Gasteiger partial charge in [0.1, 0.15) is 6.54 Å². The van der Waals surface area contributed by atoms with Gasteiger partial charge in [0.25, 0.3) is 0 Å². The molecule has 0 heterocycles. The van der Waals surface area contributed by atoms with E-state index in [-0.39, 0.29) is 11.6 Å². The maximum atomic E-state index is 12.9. The molecule has 0 aliphatic heterocycles. The lowest BCUT2D eigenvalue weighted by Gasteiger charge is -2.39. The topological polar surface area (TPSA) is 43.4 Å². The molecule has 0 radical (unpaired) electrons. The predicted octanol–water partition coefficient (Wildman–Crippen LogP) is 4.58. The Hall–Kier alpha value is -0.310. The van der Waals surface area contributed by atoms with Crippen LogP contribution in [0.1, 0.15) is 78.1 Å². The number of likely N-dealkylation sites (N-methyl/N-ethyl adjacent to an activating group) is 1. The van der Waals surface area contributed by atoms with Crippen molar-refractivity contribution in [3.63, 3.8) is 0 Å². The van der Waals surface area contributed by atoms with Crippen molar-refractivity contribution in [2.24, 2.45) is 0 Å². The highest BCUT2D eigenvalue weighted by molar-refractivity contribution is 7.10. The first-order valence-corrected chi connectivity index (χ1v) is 9.86. The van der Waals surface area contributed by atoms with Gasteiger partial charge >= 0.3 is 0 Å². The normalized spacial score (nSPS) is 12.4. The lowest BCUT2D eigenvalue weighted by atomic mass is 9.86. The second-order valence-electron chi connectivity index (χ2n) is 7.85. The van der Waals surface area contributed by atoms with Crippen molar-refractivity contribution in [3.05, 3.63) is 0 Å². The van der Waals surface area contributed by atoms with Gasteiger partial charge in [-0.1, -0.05) is 52.4 Å². The first kappa shape index (κ1) is 23.7. The maximum absolute atomic E-state index is 12.9. The molecule has 142 valence electrons. The van der Waals surface area contributed by atoms with E-state index in [0.717, 1.165) is 51.4 Å². The number of hydrogen-bond donors (Lipinski definition) is 0. The minimum atomic E-state index is -1.35. The summed E-state index contributed by atoms with van der Waals surface area (Å²) in [6, 6.07) is 0. The summed E-state index contributed by atoms with van der Waals surface area (Å²) in [5, 5.41) is 0. The van der Waals surface area contributed by atoms with Crippen LogP contribution in [-0.4, -0.2) is 49.3 Å². The van der Waals surface area contributed by atoms with E-state index >= 15 is 0 Å². The molecule has 0 saturated heterocycles.